The number of nitrogens with two attached hydrogens (primary N) is 1. The summed E-state index contributed by atoms with van der Waals surface area (Å²) in [5.41, 5.74) is 8.36. The van der Waals surface area contributed by atoms with Gasteiger partial charge in [0.25, 0.3) is 5.91 Å². The summed E-state index contributed by atoms with van der Waals surface area (Å²) in [5.74, 6) is -1.85. The quantitative estimate of drug-likeness (QED) is 0.300. The lowest BCUT2D eigenvalue weighted by atomic mass is 9.80. The van der Waals surface area contributed by atoms with E-state index in [2.05, 4.69) is 5.32 Å². The molecule has 0 saturated heterocycles. The molecule has 8 nitrogen and oxygen atoms in total. The van der Waals surface area contributed by atoms with Crippen LogP contribution in [0.15, 0.2) is 88.7 Å². The Morgan fingerprint density at radius 2 is 1.70 bits per heavy atom. The number of carbonyl (C=O) groups is 4. The second-order valence-corrected chi connectivity index (χ2v) is 12.4. The maximum absolute atomic E-state index is 13.8. The van der Waals surface area contributed by atoms with Crippen LogP contribution in [0.25, 0.3) is 0 Å². The molecular weight excluding hydrogens is 556 g/mol. The van der Waals surface area contributed by atoms with Gasteiger partial charge in [0.05, 0.1) is 11.8 Å². The molecule has 0 unspecified atom stereocenters. The Morgan fingerprint density at radius 3 is 2.36 bits per heavy atom. The zero-order chi connectivity index (χ0) is 32.6. The normalized spacial score (nSPS) is 30.8. The minimum atomic E-state index is -0.904. The molecular formula is C36H46N2O6. The van der Waals surface area contributed by atoms with Crippen LogP contribution < -0.4 is 11.1 Å². The third-order valence-electron chi connectivity index (χ3n) is 8.47. The zero-order valence-corrected chi connectivity index (χ0v) is 26.6. The smallest absolute Gasteiger partial charge is 0.405 e. The Morgan fingerprint density at radius 1 is 1.02 bits per heavy atom. The number of aliphatic hydroxyl groups excluding tert-OH is 1. The van der Waals surface area contributed by atoms with Crippen molar-refractivity contribution < 1.29 is 29.0 Å². The van der Waals surface area contributed by atoms with Crippen molar-refractivity contribution in [3.8, 4) is 0 Å². The molecule has 1 aromatic carbocycles. The van der Waals surface area contributed by atoms with Crippen LogP contribution in [-0.2, 0) is 25.5 Å². The molecule has 0 fully saturated rings. The molecule has 1 aromatic rings. The summed E-state index contributed by atoms with van der Waals surface area (Å²) in [7, 11) is 0. The van der Waals surface area contributed by atoms with Gasteiger partial charge in [-0.25, -0.2) is 4.79 Å². The molecule has 0 spiro atoms. The number of aryl methyl sites for hydroxylation is 1. The van der Waals surface area contributed by atoms with Crippen molar-refractivity contribution in [2.45, 2.75) is 79.4 Å². The van der Waals surface area contributed by atoms with Gasteiger partial charge in [-0.3, -0.25) is 14.4 Å². The molecule has 1 heterocycles. The van der Waals surface area contributed by atoms with Gasteiger partial charge >= 0.3 is 6.09 Å². The maximum Gasteiger partial charge on any atom is 0.405 e. The largest absolute Gasteiger partial charge is 0.441 e. The number of hydrogen-bond acceptors (Lipinski definition) is 6. The zero-order valence-electron chi connectivity index (χ0n) is 26.6. The first-order valence-electron chi connectivity index (χ1n) is 15.3. The maximum atomic E-state index is 13.8. The summed E-state index contributed by atoms with van der Waals surface area (Å²) in [5, 5.41) is 13.9. The summed E-state index contributed by atoms with van der Waals surface area (Å²) in [4.78, 5) is 52.0. The summed E-state index contributed by atoms with van der Waals surface area (Å²) in [6, 6.07) is 9.79. The SMILES string of the molecule is C/C1=C\C=C/[C@H](C)[C@@H](OC(N)=O)/C(C)=C/[C@H](C)[C@@H](O)[C@@H](C)C[C@H](C)CC2=C(CCc3ccccc3)C(=O)C=C(NC1=O)C2=O. The number of fused-ring (bicyclic) bond motifs is 2. The number of rotatable bonds is 4. The molecule has 2 amide bonds. The number of Topliss-reactive ketones (excluding diaryl/α,β-unsaturated/α-hetero) is 1. The Bertz CT molecular complexity index is 1400. The number of aliphatic hydroxyl groups is 1. The molecule has 2 bridgehead atoms. The molecule has 1 aliphatic carbocycles. The molecule has 0 aromatic heterocycles. The Balaban J connectivity index is 2.01. The Labute approximate surface area is 260 Å². The van der Waals surface area contributed by atoms with Crippen molar-refractivity contribution >= 4 is 23.6 Å². The Kier molecular flexibility index (Phi) is 12.2. The van der Waals surface area contributed by atoms with Crippen molar-refractivity contribution in [1.82, 2.24) is 5.32 Å². The molecule has 2 aliphatic rings. The van der Waals surface area contributed by atoms with Crippen LogP contribution in [0.1, 0.15) is 66.4 Å². The predicted molar refractivity (Wildman–Crippen MR) is 171 cm³/mol. The number of ketones is 2. The number of allylic oxidation sites excluding steroid dienone is 5. The average molecular weight is 603 g/mol. The summed E-state index contributed by atoms with van der Waals surface area (Å²) < 4.78 is 5.43. The molecule has 44 heavy (non-hydrogen) atoms. The van der Waals surface area contributed by atoms with Gasteiger partial charge in [0.1, 0.15) is 6.10 Å². The number of hydrogen-bond donors (Lipinski definition) is 3. The van der Waals surface area contributed by atoms with Gasteiger partial charge in [0, 0.05) is 34.6 Å². The summed E-state index contributed by atoms with van der Waals surface area (Å²) in [6.45, 7) is 11.2. The van der Waals surface area contributed by atoms with Crippen molar-refractivity contribution in [3.63, 3.8) is 0 Å². The lowest BCUT2D eigenvalue weighted by Crippen LogP contribution is -2.33. The van der Waals surface area contributed by atoms with E-state index in [-0.39, 0.29) is 40.9 Å². The van der Waals surface area contributed by atoms with E-state index >= 15 is 0 Å². The van der Waals surface area contributed by atoms with E-state index in [0.29, 0.717) is 42.4 Å². The van der Waals surface area contributed by atoms with E-state index in [1.54, 1.807) is 25.2 Å². The van der Waals surface area contributed by atoms with Crippen LogP contribution in [0.5, 0.6) is 0 Å². The van der Waals surface area contributed by atoms with Crippen LogP contribution in [0.4, 0.5) is 4.79 Å². The van der Waals surface area contributed by atoms with Crippen molar-refractivity contribution in [2.24, 2.45) is 29.4 Å². The number of ether oxygens (including phenoxy) is 1. The van der Waals surface area contributed by atoms with Gasteiger partial charge in [-0.2, -0.15) is 0 Å². The molecule has 3 rings (SSSR count). The van der Waals surface area contributed by atoms with E-state index in [1.165, 1.54) is 6.08 Å². The highest BCUT2D eigenvalue weighted by Gasteiger charge is 2.32. The highest BCUT2D eigenvalue weighted by Crippen LogP contribution is 2.32. The minimum Gasteiger partial charge on any atom is -0.441 e. The second-order valence-electron chi connectivity index (χ2n) is 12.4. The van der Waals surface area contributed by atoms with E-state index in [0.717, 1.165) is 11.1 Å². The summed E-state index contributed by atoms with van der Waals surface area (Å²) in [6.07, 6.45) is 7.87. The molecule has 4 N–H and O–H groups in total. The first-order valence-corrected chi connectivity index (χ1v) is 15.3. The van der Waals surface area contributed by atoms with E-state index < -0.39 is 24.2 Å². The van der Waals surface area contributed by atoms with Gasteiger partial charge in [-0.1, -0.05) is 82.3 Å². The number of primary amides is 1. The van der Waals surface area contributed by atoms with Crippen LogP contribution in [0.3, 0.4) is 0 Å². The molecule has 8 heteroatoms. The first kappa shape index (κ1) is 34.5. The predicted octanol–water partition coefficient (Wildman–Crippen LogP) is 5.68. The van der Waals surface area contributed by atoms with Gasteiger partial charge in [0.2, 0.25) is 5.78 Å². The Hall–Kier alpha value is -4.04. The number of nitrogens with one attached hydrogen (secondary N) is 1. The highest BCUT2D eigenvalue weighted by molar-refractivity contribution is 6.23. The van der Waals surface area contributed by atoms with Crippen molar-refractivity contribution in [2.75, 3.05) is 0 Å². The number of benzene rings is 1. The van der Waals surface area contributed by atoms with Crippen LogP contribution >= 0.6 is 0 Å². The van der Waals surface area contributed by atoms with Crippen LogP contribution in [0, 0.1) is 23.7 Å². The van der Waals surface area contributed by atoms with Gasteiger partial charge in [-0.05, 0) is 62.5 Å². The lowest BCUT2D eigenvalue weighted by molar-refractivity contribution is -0.120. The van der Waals surface area contributed by atoms with Crippen molar-refractivity contribution in [1.29, 1.82) is 0 Å². The number of carbonyl (C=O) groups excluding carboxylic acids is 4. The second kappa shape index (κ2) is 15.6. The molecule has 0 saturated carbocycles. The fourth-order valence-electron chi connectivity index (χ4n) is 6.07. The monoisotopic (exact) mass is 602 g/mol. The van der Waals surface area contributed by atoms with Gasteiger partial charge in [-0.15, -0.1) is 0 Å². The highest BCUT2D eigenvalue weighted by atomic mass is 16.6. The van der Waals surface area contributed by atoms with Gasteiger partial charge < -0.3 is 20.9 Å². The molecule has 1 aliphatic heterocycles. The molecule has 6 atom stereocenters. The standard InChI is InChI=1S/C36H46N2O6/c1-21-17-24(4)32(40)25(5)19-26(6)34(44-36(37)43)22(2)11-10-12-23(3)35(42)38-30-20-31(39)28(29(18-21)33(30)41)16-15-27-13-8-7-9-14-27/h7-14,19-22,24-25,32,34,40H,15-18H2,1-6H3,(H2,37,43)(H,38,42)/b11-10-,23-12+,26-19+/t21-,22-,24-,25-,32-,34+/m0/s1. The van der Waals surface area contributed by atoms with Crippen molar-refractivity contribution in [3.05, 3.63) is 94.3 Å². The van der Waals surface area contributed by atoms with Gasteiger partial charge in [0.15, 0.2) is 5.78 Å². The number of amides is 2. The van der Waals surface area contributed by atoms with Crippen LogP contribution in [-0.4, -0.2) is 40.9 Å². The third-order valence-corrected chi connectivity index (χ3v) is 8.47. The van der Waals surface area contributed by atoms with E-state index in [9.17, 15) is 24.3 Å². The molecule has 0 radical (unpaired) electrons. The fraction of sp³-hybridized carbons (Fsp3) is 0.444. The first-order chi connectivity index (χ1) is 20.8. The van der Waals surface area contributed by atoms with Crippen LogP contribution in [0.2, 0.25) is 0 Å². The fourth-order valence-corrected chi connectivity index (χ4v) is 6.07. The topological polar surface area (TPSA) is 136 Å². The van der Waals surface area contributed by atoms with E-state index in [4.69, 9.17) is 10.5 Å². The third kappa shape index (κ3) is 9.23. The molecule has 236 valence electrons. The average Bonchev–Trinajstić information content (AvgIpc) is 2.97. The lowest BCUT2D eigenvalue weighted by Gasteiger charge is -2.28. The minimum absolute atomic E-state index is 0.0369. The summed E-state index contributed by atoms with van der Waals surface area (Å²) >= 11 is 0. The van der Waals surface area contributed by atoms with E-state index in [1.807, 2.05) is 71.0 Å².